The summed E-state index contributed by atoms with van der Waals surface area (Å²) in [5.74, 6) is -0.0182. The third-order valence-electron chi connectivity index (χ3n) is 3.77. The molecule has 19 heavy (non-hydrogen) atoms. The molecule has 0 spiro atoms. The highest BCUT2D eigenvalue weighted by Crippen LogP contribution is 2.35. The highest BCUT2D eigenvalue weighted by molar-refractivity contribution is 7.80. The fourth-order valence-corrected chi connectivity index (χ4v) is 3.41. The number of amides is 1. The van der Waals surface area contributed by atoms with Crippen LogP contribution in [0, 0.1) is 5.41 Å². The smallest absolute Gasteiger partial charge is 0.233 e. The minimum Gasteiger partial charge on any atom is -0.392 e. The molecule has 0 aromatic carbocycles. The van der Waals surface area contributed by atoms with Gasteiger partial charge in [-0.05, 0) is 12.8 Å². The molecule has 0 radical (unpaired) electrons. The first-order valence-electron chi connectivity index (χ1n) is 6.61. The summed E-state index contributed by atoms with van der Waals surface area (Å²) in [5, 5.41) is 2.97. The zero-order chi connectivity index (χ0) is 13.7. The average Bonchev–Trinajstić information content (AvgIpc) is 2.78. The number of thiocarbonyl (C=S) groups is 1. The van der Waals surface area contributed by atoms with Crippen molar-refractivity contribution in [1.29, 1.82) is 0 Å². The number of aromatic nitrogens is 1. The standard InChI is InChI=1S/C13H19N3OS2/c14-11(18)13(5-3-1-2-4-6-13)12(17)16-8-10-7-15-9-19-10/h7,9H,1-6,8H2,(H2,14,18)(H,16,17). The van der Waals surface area contributed by atoms with Crippen LogP contribution >= 0.6 is 23.6 Å². The molecule has 3 N–H and O–H groups in total. The summed E-state index contributed by atoms with van der Waals surface area (Å²) in [6.45, 7) is 0.508. The lowest BCUT2D eigenvalue weighted by Crippen LogP contribution is -2.48. The van der Waals surface area contributed by atoms with Gasteiger partial charge in [-0.2, -0.15) is 0 Å². The molecule has 0 unspecified atom stereocenters. The zero-order valence-electron chi connectivity index (χ0n) is 10.9. The molecule has 2 rings (SSSR count). The van der Waals surface area contributed by atoms with Gasteiger partial charge in [0.15, 0.2) is 0 Å². The molecule has 1 aromatic rings. The highest BCUT2D eigenvalue weighted by atomic mass is 32.1. The van der Waals surface area contributed by atoms with Gasteiger partial charge >= 0.3 is 0 Å². The molecule has 1 fully saturated rings. The van der Waals surface area contributed by atoms with Crippen LogP contribution in [0.25, 0.3) is 0 Å². The number of hydrogen-bond donors (Lipinski definition) is 2. The Morgan fingerprint density at radius 1 is 1.42 bits per heavy atom. The van der Waals surface area contributed by atoms with E-state index in [9.17, 15) is 4.79 Å². The van der Waals surface area contributed by atoms with Crippen LogP contribution in [-0.4, -0.2) is 15.9 Å². The number of nitrogens with one attached hydrogen (secondary N) is 1. The van der Waals surface area contributed by atoms with Crippen molar-refractivity contribution in [3.63, 3.8) is 0 Å². The number of nitrogens with zero attached hydrogens (tertiary/aromatic N) is 1. The van der Waals surface area contributed by atoms with E-state index in [0.717, 1.165) is 43.4 Å². The number of thiazole rings is 1. The molecular formula is C13H19N3OS2. The zero-order valence-corrected chi connectivity index (χ0v) is 12.5. The molecule has 0 aliphatic heterocycles. The second-order valence-corrected chi connectivity index (χ2v) is 6.42. The number of rotatable bonds is 4. The molecule has 1 saturated carbocycles. The lowest BCUT2D eigenvalue weighted by Gasteiger charge is -2.30. The maximum atomic E-state index is 12.5. The molecule has 0 bridgehead atoms. The second kappa shape index (κ2) is 6.43. The van der Waals surface area contributed by atoms with E-state index < -0.39 is 5.41 Å². The SMILES string of the molecule is NC(=S)C1(C(=O)NCc2cncs2)CCCCCC1. The van der Waals surface area contributed by atoms with Gasteiger partial charge in [-0.3, -0.25) is 9.78 Å². The van der Waals surface area contributed by atoms with E-state index in [-0.39, 0.29) is 5.91 Å². The first-order valence-corrected chi connectivity index (χ1v) is 7.89. The minimum absolute atomic E-state index is 0.0182. The van der Waals surface area contributed by atoms with Crippen molar-refractivity contribution in [3.8, 4) is 0 Å². The van der Waals surface area contributed by atoms with E-state index in [4.69, 9.17) is 18.0 Å². The molecule has 1 aliphatic carbocycles. The summed E-state index contributed by atoms with van der Waals surface area (Å²) in [5.41, 5.74) is 7.00. The average molecular weight is 297 g/mol. The largest absolute Gasteiger partial charge is 0.392 e. The van der Waals surface area contributed by atoms with E-state index >= 15 is 0 Å². The van der Waals surface area contributed by atoms with Crippen molar-refractivity contribution in [1.82, 2.24) is 10.3 Å². The van der Waals surface area contributed by atoms with Crippen LogP contribution in [0.1, 0.15) is 43.4 Å². The van der Waals surface area contributed by atoms with Gasteiger partial charge in [0.05, 0.1) is 22.5 Å². The van der Waals surface area contributed by atoms with Gasteiger partial charge in [0, 0.05) is 11.1 Å². The lowest BCUT2D eigenvalue weighted by atomic mass is 9.79. The molecule has 1 aliphatic rings. The Morgan fingerprint density at radius 3 is 2.63 bits per heavy atom. The van der Waals surface area contributed by atoms with Crippen LogP contribution < -0.4 is 11.1 Å². The molecule has 1 amide bonds. The third kappa shape index (κ3) is 3.30. The summed E-state index contributed by atoms with van der Waals surface area (Å²) < 4.78 is 0. The minimum atomic E-state index is -0.642. The van der Waals surface area contributed by atoms with Crippen LogP contribution in [0.3, 0.4) is 0 Å². The lowest BCUT2D eigenvalue weighted by molar-refractivity contribution is -0.128. The summed E-state index contributed by atoms with van der Waals surface area (Å²) in [6.07, 6.45) is 7.68. The van der Waals surface area contributed by atoms with Gasteiger partial charge in [-0.15, -0.1) is 11.3 Å². The maximum Gasteiger partial charge on any atom is 0.233 e. The van der Waals surface area contributed by atoms with Crippen LogP contribution in [0.5, 0.6) is 0 Å². The van der Waals surface area contributed by atoms with Crippen LogP contribution in [0.15, 0.2) is 11.7 Å². The van der Waals surface area contributed by atoms with Gasteiger partial charge in [0.25, 0.3) is 0 Å². The molecule has 0 atom stereocenters. The molecule has 1 heterocycles. The summed E-state index contributed by atoms with van der Waals surface area (Å²) >= 11 is 6.72. The predicted octanol–water partition coefficient (Wildman–Crippen LogP) is 2.39. The Kier molecular flexibility index (Phi) is 4.87. The summed E-state index contributed by atoms with van der Waals surface area (Å²) in [7, 11) is 0. The third-order valence-corrected chi connectivity index (χ3v) is 4.94. The normalized spacial score (nSPS) is 18.5. The van der Waals surface area contributed by atoms with E-state index in [1.165, 1.54) is 11.3 Å². The van der Waals surface area contributed by atoms with Crippen molar-refractivity contribution in [2.75, 3.05) is 0 Å². The van der Waals surface area contributed by atoms with Gasteiger partial charge in [-0.25, -0.2) is 0 Å². The molecule has 0 saturated heterocycles. The molecule has 6 heteroatoms. The van der Waals surface area contributed by atoms with Gasteiger partial charge in [-0.1, -0.05) is 37.9 Å². The number of hydrogen-bond acceptors (Lipinski definition) is 4. The predicted molar refractivity (Wildman–Crippen MR) is 80.9 cm³/mol. The number of nitrogens with two attached hydrogens (primary N) is 1. The Morgan fingerprint density at radius 2 is 2.11 bits per heavy atom. The Hall–Kier alpha value is -1.01. The van der Waals surface area contributed by atoms with Gasteiger partial charge in [0.2, 0.25) is 5.91 Å². The number of carbonyl (C=O) groups is 1. The van der Waals surface area contributed by atoms with E-state index in [1.54, 1.807) is 11.7 Å². The Bertz CT molecular complexity index is 437. The van der Waals surface area contributed by atoms with Crippen LogP contribution in [0.4, 0.5) is 0 Å². The fraction of sp³-hybridized carbons (Fsp3) is 0.615. The van der Waals surface area contributed by atoms with Crippen molar-refractivity contribution in [2.24, 2.45) is 11.1 Å². The van der Waals surface area contributed by atoms with Crippen molar-refractivity contribution in [3.05, 3.63) is 16.6 Å². The molecule has 4 nitrogen and oxygen atoms in total. The van der Waals surface area contributed by atoms with E-state index in [1.807, 2.05) is 0 Å². The van der Waals surface area contributed by atoms with Crippen molar-refractivity contribution >= 4 is 34.5 Å². The maximum absolute atomic E-state index is 12.5. The molecule has 1 aromatic heterocycles. The summed E-state index contributed by atoms with van der Waals surface area (Å²) in [6, 6.07) is 0. The second-order valence-electron chi connectivity index (χ2n) is 5.01. The first kappa shape index (κ1) is 14.4. The van der Waals surface area contributed by atoms with Crippen molar-refractivity contribution < 1.29 is 4.79 Å². The monoisotopic (exact) mass is 297 g/mol. The fourth-order valence-electron chi connectivity index (χ4n) is 2.58. The quantitative estimate of drug-likeness (QED) is 0.661. The topological polar surface area (TPSA) is 68.0 Å². The van der Waals surface area contributed by atoms with E-state index in [2.05, 4.69) is 10.3 Å². The molecule has 104 valence electrons. The van der Waals surface area contributed by atoms with Gasteiger partial charge < -0.3 is 11.1 Å². The van der Waals surface area contributed by atoms with Crippen LogP contribution in [-0.2, 0) is 11.3 Å². The van der Waals surface area contributed by atoms with Gasteiger partial charge in [0.1, 0.15) is 0 Å². The Balaban J connectivity index is 2.05. The number of carbonyl (C=O) groups excluding carboxylic acids is 1. The molecular weight excluding hydrogens is 278 g/mol. The highest BCUT2D eigenvalue weighted by Gasteiger charge is 2.41. The first-order chi connectivity index (χ1) is 9.15. The Labute approximate surface area is 122 Å². The van der Waals surface area contributed by atoms with Crippen LogP contribution in [0.2, 0.25) is 0 Å². The van der Waals surface area contributed by atoms with E-state index in [0.29, 0.717) is 11.5 Å². The van der Waals surface area contributed by atoms with Crippen molar-refractivity contribution in [2.45, 2.75) is 45.1 Å². The summed E-state index contributed by atoms with van der Waals surface area (Å²) in [4.78, 5) is 17.9.